The molecule has 0 saturated carbocycles. The Balaban J connectivity index is 2.22. The minimum absolute atomic E-state index is 0.530. The Bertz CT molecular complexity index is 734. The molecule has 3 aromatic rings. The molecule has 1 aromatic heterocycles. The SMILES string of the molecule is Clc1cccc(-c2nc3c(Cl)cc(Cl)cc3[nH]2)c1. The molecular formula is C13H7Cl3N2. The Kier molecular flexibility index (Phi) is 2.94. The number of aromatic nitrogens is 2. The molecule has 0 fully saturated rings. The number of aromatic amines is 1. The van der Waals surface area contributed by atoms with E-state index in [4.69, 9.17) is 34.8 Å². The first-order chi connectivity index (χ1) is 8.63. The van der Waals surface area contributed by atoms with E-state index in [0.29, 0.717) is 20.6 Å². The zero-order valence-electron chi connectivity index (χ0n) is 9.05. The van der Waals surface area contributed by atoms with E-state index in [9.17, 15) is 0 Å². The van der Waals surface area contributed by atoms with Gasteiger partial charge in [0.25, 0.3) is 0 Å². The second kappa shape index (κ2) is 4.47. The molecule has 0 atom stereocenters. The fourth-order valence-electron chi connectivity index (χ4n) is 1.81. The third-order valence-corrected chi connectivity index (χ3v) is 3.34. The van der Waals surface area contributed by atoms with Crippen molar-refractivity contribution in [1.82, 2.24) is 9.97 Å². The van der Waals surface area contributed by atoms with Crippen molar-refractivity contribution in [3.63, 3.8) is 0 Å². The highest BCUT2D eigenvalue weighted by molar-refractivity contribution is 6.38. The van der Waals surface area contributed by atoms with Crippen LogP contribution < -0.4 is 0 Å². The van der Waals surface area contributed by atoms with Crippen LogP contribution in [0.25, 0.3) is 22.4 Å². The van der Waals surface area contributed by atoms with Gasteiger partial charge in [0.2, 0.25) is 0 Å². The number of fused-ring (bicyclic) bond motifs is 1. The number of benzene rings is 2. The van der Waals surface area contributed by atoms with E-state index in [1.165, 1.54) is 0 Å². The molecule has 1 N–H and O–H groups in total. The maximum absolute atomic E-state index is 6.10. The summed E-state index contributed by atoms with van der Waals surface area (Å²) in [6.45, 7) is 0. The first-order valence-corrected chi connectivity index (χ1v) is 6.37. The fraction of sp³-hybridized carbons (Fsp3) is 0. The van der Waals surface area contributed by atoms with E-state index >= 15 is 0 Å². The molecule has 5 heteroatoms. The van der Waals surface area contributed by atoms with Gasteiger partial charge in [0.15, 0.2) is 0 Å². The van der Waals surface area contributed by atoms with Crippen LogP contribution in [0.3, 0.4) is 0 Å². The minimum atomic E-state index is 0.530. The first-order valence-electron chi connectivity index (χ1n) is 5.24. The molecule has 0 amide bonds. The zero-order chi connectivity index (χ0) is 12.7. The van der Waals surface area contributed by atoms with Gasteiger partial charge in [-0.2, -0.15) is 0 Å². The van der Waals surface area contributed by atoms with Crippen molar-refractivity contribution < 1.29 is 0 Å². The van der Waals surface area contributed by atoms with E-state index in [1.54, 1.807) is 12.1 Å². The van der Waals surface area contributed by atoms with Crippen molar-refractivity contribution in [2.75, 3.05) is 0 Å². The second-order valence-electron chi connectivity index (χ2n) is 3.88. The standard InChI is InChI=1S/C13H7Cl3N2/c14-8-3-1-2-7(4-8)13-17-11-6-9(15)5-10(16)12(11)18-13/h1-6H,(H,17,18). The van der Waals surface area contributed by atoms with Gasteiger partial charge in [0, 0.05) is 15.6 Å². The van der Waals surface area contributed by atoms with Crippen molar-refractivity contribution in [3.05, 3.63) is 51.5 Å². The van der Waals surface area contributed by atoms with Crippen LogP contribution in [0.5, 0.6) is 0 Å². The lowest BCUT2D eigenvalue weighted by Crippen LogP contribution is -1.79. The Morgan fingerprint density at radius 1 is 0.944 bits per heavy atom. The smallest absolute Gasteiger partial charge is 0.138 e. The van der Waals surface area contributed by atoms with Crippen LogP contribution in [0.4, 0.5) is 0 Å². The number of rotatable bonds is 1. The number of hydrogen-bond donors (Lipinski definition) is 1. The molecule has 0 bridgehead atoms. The average molecular weight is 298 g/mol. The van der Waals surface area contributed by atoms with Crippen LogP contribution >= 0.6 is 34.8 Å². The normalized spacial score (nSPS) is 11.1. The summed E-state index contributed by atoms with van der Waals surface area (Å²) in [5.41, 5.74) is 2.42. The van der Waals surface area contributed by atoms with Gasteiger partial charge in [0.05, 0.1) is 10.5 Å². The molecule has 1 heterocycles. The van der Waals surface area contributed by atoms with Gasteiger partial charge >= 0.3 is 0 Å². The lowest BCUT2D eigenvalue weighted by atomic mass is 10.2. The van der Waals surface area contributed by atoms with E-state index in [2.05, 4.69) is 9.97 Å². The molecule has 3 rings (SSSR count). The molecule has 0 aliphatic heterocycles. The number of H-pyrrole nitrogens is 1. The molecule has 0 aliphatic rings. The number of nitrogens with one attached hydrogen (secondary N) is 1. The van der Waals surface area contributed by atoms with Crippen LogP contribution in [-0.4, -0.2) is 9.97 Å². The summed E-state index contributed by atoms with van der Waals surface area (Å²) >= 11 is 18.0. The van der Waals surface area contributed by atoms with Crippen molar-refractivity contribution in [2.45, 2.75) is 0 Å². The summed E-state index contributed by atoms with van der Waals surface area (Å²) < 4.78 is 0. The number of halogens is 3. The molecule has 90 valence electrons. The summed E-state index contributed by atoms with van der Waals surface area (Å²) in [6.07, 6.45) is 0. The Morgan fingerprint density at radius 3 is 2.56 bits per heavy atom. The van der Waals surface area contributed by atoms with Crippen LogP contribution in [0.1, 0.15) is 0 Å². The van der Waals surface area contributed by atoms with Gasteiger partial charge < -0.3 is 4.98 Å². The van der Waals surface area contributed by atoms with Crippen molar-refractivity contribution >= 4 is 45.8 Å². The monoisotopic (exact) mass is 296 g/mol. The van der Waals surface area contributed by atoms with Crippen LogP contribution in [-0.2, 0) is 0 Å². The summed E-state index contributed by atoms with van der Waals surface area (Å²) in [7, 11) is 0. The molecule has 0 radical (unpaired) electrons. The lowest BCUT2D eigenvalue weighted by molar-refractivity contribution is 1.34. The Morgan fingerprint density at radius 2 is 1.78 bits per heavy atom. The molecule has 0 spiro atoms. The van der Waals surface area contributed by atoms with Crippen LogP contribution in [0.2, 0.25) is 15.1 Å². The van der Waals surface area contributed by atoms with E-state index in [0.717, 1.165) is 16.9 Å². The lowest BCUT2D eigenvalue weighted by Gasteiger charge is -1.96. The summed E-state index contributed by atoms with van der Waals surface area (Å²) in [6, 6.07) is 10.9. The van der Waals surface area contributed by atoms with Gasteiger partial charge in [-0.3, -0.25) is 0 Å². The highest BCUT2D eigenvalue weighted by Crippen LogP contribution is 2.29. The molecule has 0 saturated heterocycles. The van der Waals surface area contributed by atoms with Gasteiger partial charge in [-0.1, -0.05) is 46.9 Å². The van der Waals surface area contributed by atoms with Gasteiger partial charge in [-0.05, 0) is 24.3 Å². The first kappa shape index (κ1) is 11.8. The Hall–Kier alpha value is -1.22. The average Bonchev–Trinajstić information content (AvgIpc) is 2.73. The third-order valence-electron chi connectivity index (χ3n) is 2.60. The van der Waals surface area contributed by atoms with Crippen LogP contribution in [0, 0.1) is 0 Å². The summed E-state index contributed by atoms with van der Waals surface area (Å²) in [4.78, 5) is 7.64. The summed E-state index contributed by atoms with van der Waals surface area (Å²) in [5.74, 6) is 0.719. The van der Waals surface area contributed by atoms with E-state index < -0.39 is 0 Å². The molecule has 18 heavy (non-hydrogen) atoms. The molecule has 0 unspecified atom stereocenters. The molecule has 2 nitrogen and oxygen atoms in total. The van der Waals surface area contributed by atoms with Crippen molar-refractivity contribution in [1.29, 1.82) is 0 Å². The quantitative estimate of drug-likeness (QED) is 0.658. The van der Waals surface area contributed by atoms with Crippen molar-refractivity contribution in [3.8, 4) is 11.4 Å². The highest BCUT2D eigenvalue weighted by atomic mass is 35.5. The number of imidazole rings is 1. The molecule has 0 aliphatic carbocycles. The van der Waals surface area contributed by atoms with Crippen molar-refractivity contribution in [2.24, 2.45) is 0 Å². The maximum atomic E-state index is 6.10. The second-order valence-corrected chi connectivity index (χ2v) is 5.16. The summed E-state index contributed by atoms with van der Waals surface area (Å²) in [5, 5.41) is 1.77. The fourth-order valence-corrected chi connectivity index (χ4v) is 2.54. The van der Waals surface area contributed by atoms with E-state index in [-0.39, 0.29) is 0 Å². The van der Waals surface area contributed by atoms with Gasteiger partial charge in [0.1, 0.15) is 11.3 Å². The molecular weight excluding hydrogens is 291 g/mol. The zero-order valence-corrected chi connectivity index (χ0v) is 11.3. The third kappa shape index (κ3) is 2.07. The van der Waals surface area contributed by atoms with Gasteiger partial charge in [-0.25, -0.2) is 4.98 Å². The molecule has 2 aromatic carbocycles. The van der Waals surface area contributed by atoms with E-state index in [1.807, 2.05) is 24.3 Å². The predicted molar refractivity (Wildman–Crippen MR) is 76.6 cm³/mol. The predicted octanol–water partition coefficient (Wildman–Crippen LogP) is 5.19. The number of hydrogen-bond acceptors (Lipinski definition) is 1. The maximum Gasteiger partial charge on any atom is 0.138 e. The Labute approximate surface area is 119 Å². The minimum Gasteiger partial charge on any atom is -0.338 e. The van der Waals surface area contributed by atoms with Gasteiger partial charge in [-0.15, -0.1) is 0 Å². The van der Waals surface area contributed by atoms with Crippen LogP contribution in [0.15, 0.2) is 36.4 Å². The largest absolute Gasteiger partial charge is 0.338 e. The number of nitrogens with zero attached hydrogens (tertiary/aromatic N) is 1. The topological polar surface area (TPSA) is 28.7 Å². The highest BCUT2D eigenvalue weighted by Gasteiger charge is 2.09.